The Labute approximate surface area is 142 Å². The van der Waals surface area contributed by atoms with Crippen molar-refractivity contribution in [2.24, 2.45) is 5.73 Å². The average Bonchev–Trinajstić information content (AvgIpc) is 3.10. The van der Waals surface area contributed by atoms with Crippen LogP contribution in [0.1, 0.15) is 43.7 Å². The number of carbonyl (C=O) groups is 1. The molecule has 0 spiro atoms. The number of rotatable bonds is 3. The molecule has 3 fully saturated rings. The van der Waals surface area contributed by atoms with E-state index in [-0.39, 0.29) is 5.91 Å². The molecule has 1 aliphatic carbocycles. The summed E-state index contributed by atoms with van der Waals surface area (Å²) in [5, 5.41) is 11.1. The fourth-order valence-electron chi connectivity index (χ4n) is 4.09. The van der Waals surface area contributed by atoms with Gasteiger partial charge in [-0.15, -0.1) is 0 Å². The molecular formula is C17H28N6O. The Balaban J connectivity index is 1.42. The lowest BCUT2D eigenvalue weighted by Gasteiger charge is -2.43. The van der Waals surface area contributed by atoms with Crippen LogP contribution in [0.5, 0.6) is 0 Å². The highest BCUT2D eigenvalue weighted by Gasteiger charge is 2.43. The van der Waals surface area contributed by atoms with Crippen molar-refractivity contribution in [2.75, 3.05) is 44.2 Å². The minimum Gasteiger partial charge on any atom is -0.353 e. The predicted octanol–water partition coefficient (Wildman–Crippen LogP) is 0.407. The van der Waals surface area contributed by atoms with Gasteiger partial charge in [0.1, 0.15) is 0 Å². The van der Waals surface area contributed by atoms with E-state index in [0.29, 0.717) is 5.92 Å². The Bertz CT molecular complexity index is 590. The number of aromatic amines is 1. The first kappa shape index (κ1) is 15.9. The molecule has 0 aromatic carbocycles. The molecule has 7 nitrogen and oxygen atoms in total. The number of anilines is 1. The Morgan fingerprint density at radius 1 is 1.25 bits per heavy atom. The topological polar surface area (TPSA) is 90.3 Å². The molecule has 4 rings (SSSR count). The summed E-state index contributed by atoms with van der Waals surface area (Å²) in [6.07, 6.45) is 4.89. The van der Waals surface area contributed by atoms with Gasteiger partial charge in [0.25, 0.3) is 0 Å². The van der Waals surface area contributed by atoms with Gasteiger partial charge >= 0.3 is 0 Å². The first-order valence-electron chi connectivity index (χ1n) is 9.25. The Kier molecular flexibility index (Phi) is 4.22. The van der Waals surface area contributed by atoms with E-state index in [1.54, 1.807) is 0 Å². The van der Waals surface area contributed by atoms with Gasteiger partial charge in [0.05, 0.1) is 5.54 Å². The van der Waals surface area contributed by atoms with Gasteiger partial charge in [0.15, 0.2) is 5.82 Å². The van der Waals surface area contributed by atoms with E-state index in [1.807, 2.05) is 4.90 Å². The first-order valence-corrected chi connectivity index (χ1v) is 9.25. The summed E-state index contributed by atoms with van der Waals surface area (Å²) in [7, 11) is 0. The predicted molar refractivity (Wildman–Crippen MR) is 93.0 cm³/mol. The minimum atomic E-state index is -0.582. The lowest BCUT2D eigenvalue weighted by molar-refractivity contribution is -0.141. The Morgan fingerprint density at radius 3 is 2.75 bits per heavy atom. The summed E-state index contributed by atoms with van der Waals surface area (Å²) in [5.41, 5.74) is 6.81. The molecule has 1 aromatic rings. The molecule has 2 saturated heterocycles. The maximum absolute atomic E-state index is 12.7. The van der Waals surface area contributed by atoms with Crippen molar-refractivity contribution in [3.05, 3.63) is 11.8 Å². The third-order valence-electron chi connectivity index (χ3n) is 5.85. The molecule has 1 amide bonds. The molecule has 4 N–H and O–H groups in total. The summed E-state index contributed by atoms with van der Waals surface area (Å²) < 4.78 is 0. The van der Waals surface area contributed by atoms with Crippen molar-refractivity contribution in [3.8, 4) is 0 Å². The molecule has 0 radical (unpaired) electrons. The molecule has 132 valence electrons. The number of carbonyl (C=O) groups excluding carboxylic acids is 1. The number of nitrogens with zero attached hydrogens (tertiary/aromatic N) is 3. The number of likely N-dealkylation sites (tertiary alicyclic amines) is 1. The van der Waals surface area contributed by atoms with Crippen LogP contribution in [0.15, 0.2) is 6.07 Å². The van der Waals surface area contributed by atoms with E-state index in [4.69, 9.17) is 5.73 Å². The lowest BCUT2D eigenvalue weighted by atomic mass is 9.76. The second kappa shape index (κ2) is 6.37. The Morgan fingerprint density at radius 2 is 2.04 bits per heavy atom. The van der Waals surface area contributed by atoms with E-state index in [9.17, 15) is 4.79 Å². The van der Waals surface area contributed by atoms with Gasteiger partial charge in [0, 0.05) is 56.9 Å². The molecule has 1 unspecified atom stereocenters. The standard InChI is InChI=1S/C17H28N6O/c18-17(4-2-5-17)16(24)23-8-1-3-13(12-23)14-11-15(21-20-14)22-9-6-19-7-10-22/h11,13,19H,1-10,12,18H2,(H,20,21). The monoisotopic (exact) mass is 332 g/mol. The van der Waals surface area contributed by atoms with E-state index in [2.05, 4.69) is 26.5 Å². The van der Waals surface area contributed by atoms with Crippen LogP contribution >= 0.6 is 0 Å². The van der Waals surface area contributed by atoms with Gasteiger partial charge in [-0.1, -0.05) is 0 Å². The number of H-pyrrole nitrogens is 1. The molecule has 1 aromatic heterocycles. The van der Waals surface area contributed by atoms with Gasteiger partial charge in [-0.25, -0.2) is 0 Å². The fraction of sp³-hybridized carbons (Fsp3) is 0.765. The fourth-order valence-corrected chi connectivity index (χ4v) is 4.09. The number of nitrogens with two attached hydrogens (primary N) is 1. The second-order valence-corrected chi connectivity index (χ2v) is 7.52. The summed E-state index contributed by atoms with van der Waals surface area (Å²) in [6, 6.07) is 2.17. The number of hydrogen-bond acceptors (Lipinski definition) is 5. The second-order valence-electron chi connectivity index (χ2n) is 7.52. The van der Waals surface area contributed by atoms with Crippen molar-refractivity contribution in [1.82, 2.24) is 20.4 Å². The van der Waals surface area contributed by atoms with Crippen LogP contribution in [0.4, 0.5) is 5.82 Å². The van der Waals surface area contributed by atoms with Gasteiger partial charge in [-0.05, 0) is 32.1 Å². The first-order chi connectivity index (χ1) is 11.7. The molecule has 3 heterocycles. The van der Waals surface area contributed by atoms with E-state index in [1.165, 1.54) is 0 Å². The number of hydrogen-bond donors (Lipinski definition) is 3. The van der Waals surface area contributed by atoms with Crippen molar-refractivity contribution >= 4 is 11.7 Å². The number of nitrogens with one attached hydrogen (secondary N) is 2. The SMILES string of the molecule is NC1(C(=O)N2CCCC(c3cc(N4CCNCC4)n[nH]3)C2)CCC1. The van der Waals surface area contributed by atoms with Gasteiger partial charge < -0.3 is 20.9 Å². The van der Waals surface area contributed by atoms with Gasteiger partial charge in [-0.3, -0.25) is 9.89 Å². The zero-order valence-electron chi connectivity index (χ0n) is 14.3. The molecule has 2 aliphatic heterocycles. The highest BCUT2D eigenvalue weighted by molar-refractivity contribution is 5.87. The molecular weight excluding hydrogens is 304 g/mol. The van der Waals surface area contributed by atoms with Crippen LogP contribution in [-0.2, 0) is 4.79 Å². The zero-order valence-corrected chi connectivity index (χ0v) is 14.3. The molecule has 0 bridgehead atoms. The normalized spacial score (nSPS) is 27.0. The van der Waals surface area contributed by atoms with Crippen molar-refractivity contribution < 1.29 is 4.79 Å². The highest BCUT2D eigenvalue weighted by Crippen LogP contribution is 2.34. The van der Waals surface area contributed by atoms with Crippen LogP contribution in [0.25, 0.3) is 0 Å². The number of amides is 1. The van der Waals surface area contributed by atoms with Gasteiger partial charge in [-0.2, -0.15) is 5.10 Å². The third kappa shape index (κ3) is 2.91. The van der Waals surface area contributed by atoms with Crippen LogP contribution < -0.4 is 16.0 Å². The maximum Gasteiger partial charge on any atom is 0.242 e. The third-order valence-corrected chi connectivity index (χ3v) is 5.85. The van der Waals surface area contributed by atoms with E-state index < -0.39 is 5.54 Å². The summed E-state index contributed by atoms with van der Waals surface area (Å²) in [6.45, 7) is 5.61. The van der Waals surface area contributed by atoms with Crippen molar-refractivity contribution in [2.45, 2.75) is 43.6 Å². The van der Waals surface area contributed by atoms with Gasteiger partial charge in [0.2, 0.25) is 5.91 Å². The summed E-state index contributed by atoms with van der Waals surface area (Å²) in [5.74, 6) is 1.53. The molecule has 1 atom stereocenters. The quantitative estimate of drug-likeness (QED) is 0.746. The van der Waals surface area contributed by atoms with E-state index >= 15 is 0 Å². The number of piperazine rings is 1. The zero-order chi connectivity index (χ0) is 16.6. The molecule has 24 heavy (non-hydrogen) atoms. The smallest absolute Gasteiger partial charge is 0.242 e. The van der Waals surface area contributed by atoms with Crippen LogP contribution in [0.3, 0.4) is 0 Å². The number of aromatic nitrogens is 2. The summed E-state index contributed by atoms with van der Waals surface area (Å²) >= 11 is 0. The molecule has 7 heteroatoms. The molecule has 3 aliphatic rings. The lowest BCUT2D eigenvalue weighted by Crippen LogP contribution is -2.60. The average molecular weight is 332 g/mol. The van der Waals surface area contributed by atoms with Crippen LogP contribution in [0.2, 0.25) is 0 Å². The molecule has 1 saturated carbocycles. The highest BCUT2D eigenvalue weighted by atomic mass is 16.2. The minimum absolute atomic E-state index is 0.153. The van der Waals surface area contributed by atoms with Crippen molar-refractivity contribution in [1.29, 1.82) is 0 Å². The van der Waals surface area contributed by atoms with E-state index in [0.717, 1.165) is 82.9 Å². The van der Waals surface area contributed by atoms with Crippen LogP contribution in [0, 0.1) is 0 Å². The largest absolute Gasteiger partial charge is 0.353 e. The number of piperidine rings is 1. The summed E-state index contributed by atoms with van der Waals surface area (Å²) in [4.78, 5) is 17.0. The van der Waals surface area contributed by atoms with Crippen LogP contribution in [-0.4, -0.2) is 65.8 Å². The van der Waals surface area contributed by atoms with Crippen molar-refractivity contribution in [3.63, 3.8) is 0 Å². The maximum atomic E-state index is 12.7. The Hall–Kier alpha value is -1.60.